The summed E-state index contributed by atoms with van der Waals surface area (Å²) in [6, 6.07) is 12.3. The molecule has 0 unspecified atom stereocenters. The van der Waals surface area contributed by atoms with Crippen LogP contribution in [0, 0.1) is 0 Å². The number of rotatable bonds is 7. The average Bonchev–Trinajstić information content (AvgIpc) is 3.03. The first-order valence-corrected chi connectivity index (χ1v) is 9.61. The van der Waals surface area contributed by atoms with E-state index in [-0.39, 0.29) is 17.0 Å². The van der Waals surface area contributed by atoms with Gasteiger partial charge in [0.25, 0.3) is 5.56 Å². The summed E-state index contributed by atoms with van der Waals surface area (Å²) in [5, 5.41) is 3.12. The van der Waals surface area contributed by atoms with Crippen LogP contribution in [0.15, 0.2) is 58.3 Å². The van der Waals surface area contributed by atoms with Gasteiger partial charge in [0, 0.05) is 11.8 Å². The minimum Gasteiger partial charge on any atom is -0.497 e. The topological polar surface area (TPSA) is 68.6 Å². The first kappa shape index (κ1) is 22.2. The van der Waals surface area contributed by atoms with Crippen molar-refractivity contribution >= 4 is 11.4 Å². The summed E-state index contributed by atoms with van der Waals surface area (Å²) in [5.41, 5.74) is 2.06. The number of alkyl halides is 3. The lowest BCUT2D eigenvalue weighted by Crippen LogP contribution is -2.19. The highest BCUT2D eigenvalue weighted by molar-refractivity contribution is 6.01. The molecule has 1 N–H and O–H groups in total. The number of nitrogens with one attached hydrogen (secondary N) is 1. The minimum absolute atomic E-state index is 0.248. The molecule has 0 bridgehead atoms. The van der Waals surface area contributed by atoms with Crippen molar-refractivity contribution in [2.45, 2.75) is 33.1 Å². The van der Waals surface area contributed by atoms with Gasteiger partial charge in [-0.1, -0.05) is 19.4 Å². The van der Waals surface area contributed by atoms with E-state index in [9.17, 15) is 18.0 Å². The Morgan fingerprint density at radius 1 is 1.13 bits per heavy atom. The Morgan fingerprint density at radius 2 is 1.84 bits per heavy atom. The van der Waals surface area contributed by atoms with Crippen LogP contribution in [0.1, 0.15) is 31.5 Å². The second kappa shape index (κ2) is 9.11. The van der Waals surface area contributed by atoms with Gasteiger partial charge in [-0.3, -0.25) is 14.9 Å². The summed E-state index contributed by atoms with van der Waals surface area (Å²) in [4.78, 5) is 17.5. The van der Waals surface area contributed by atoms with Crippen molar-refractivity contribution in [2.75, 3.05) is 7.11 Å². The van der Waals surface area contributed by atoms with E-state index in [4.69, 9.17) is 4.74 Å². The molecule has 0 saturated heterocycles. The Morgan fingerprint density at radius 3 is 2.45 bits per heavy atom. The number of aromatic nitrogens is 2. The zero-order valence-electron chi connectivity index (χ0n) is 17.3. The number of aromatic amines is 1. The van der Waals surface area contributed by atoms with Gasteiger partial charge in [0.15, 0.2) is 0 Å². The molecule has 0 aliphatic heterocycles. The number of benzene rings is 2. The molecule has 0 amide bonds. The molecule has 6 nitrogen and oxygen atoms in total. The van der Waals surface area contributed by atoms with E-state index < -0.39 is 6.36 Å². The van der Waals surface area contributed by atoms with Crippen LogP contribution in [0.25, 0.3) is 5.69 Å². The van der Waals surface area contributed by atoms with E-state index in [2.05, 4.69) is 14.8 Å². The quantitative estimate of drug-likeness (QED) is 0.523. The van der Waals surface area contributed by atoms with Crippen molar-refractivity contribution < 1.29 is 22.6 Å². The molecule has 0 radical (unpaired) electrons. The molecule has 1 aromatic heterocycles. The van der Waals surface area contributed by atoms with Gasteiger partial charge < -0.3 is 9.47 Å². The van der Waals surface area contributed by atoms with E-state index >= 15 is 0 Å². The highest BCUT2D eigenvalue weighted by Gasteiger charge is 2.31. The Kier molecular flexibility index (Phi) is 6.53. The van der Waals surface area contributed by atoms with Crippen molar-refractivity contribution in [1.29, 1.82) is 0 Å². The van der Waals surface area contributed by atoms with Gasteiger partial charge in [-0.25, -0.2) is 4.68 Å². The van der Waals surface area contributed by atoms with Crippen molar-refractivity contribution in [2.24, 2.45) is 4.99 Å². The highest BCUT2D eigenvalue weighted by atomic mass is 19.4. The van der Waals surface area contributed by atoms with Gasteiger partial charge in [-0.05, 0) is 49.7 Å². The number of aryl methyl sites for hydroxylation is 1. The van der Waals surface area contributed by atoms with Crippen LogP contribution in [0.2, 0.25) is 0 Å². The first-order valence-electron chi connectivity index (χ1n) is 9.61. The standard InChI is InChI=1S/C22H22F3N3O3/c1-4-6-19-20(21(29)28(27-19)16-9-11-17(30-3)12-10-16)14(2)26-15-7-5-8-18(13-15)31-22(23,24)25/h5,7-13,27H,4,6H2,1-3H3. The number of H-pyrrole nitrogens is 1. The third kappa shape index (κ3) is 5.36. The van der Waals surface area contributed by atoms with Crippen LogP contribution in [0.3, 0.4) is 0 Å². The summed E-state index contributed by atoms with van der Waals surface area (Å²) < 4.78 is 48.0. The second-order valence-electron chi connectivity index (χ2n) is 6.80. The molecule has 0 atom stereocenters. The first-order chi connectivity index (χ1) is 14.7. The number of hydrogen-bond acceptors (Lipinski definition) is 4. The molecular weight excluding hydrogens is 411 g/mol. The lowest BCUT2D eigenvalue weighted by Gasteiger charge is -2.09. The molecule has 9 heteroatoms. The monoisotopic (exact) mass is 433 g/mol. The van der Waals surface area contributed by atoms with Crippen LogP contribution in [-0.4, -0.2) is 29.0 Å². The fourth-order valence-corrected chi connectivity index (χ4v) is 3.20. The lowest BCUT2D eigenvalue weighted by atomic mass is 10.1. The zero-order chi connectivity index (χ0) is 22.6. The number of hydrogen-bond donors (Lipinski definition) is 1. The largest absolute Gasteiger partial charge is 0.573 e. The maximum atomic E-state index is 13.2. The predicted octanol–water partition coefficient (Wildman–Crippen LogP) is 5.17. The van der Waals surface area contributed by atoms with E-state index in [1.165, 1.54) is 22.9 Å². The number of methoxy groups -OCH3 is 1. The number of ether oxygens (including phenoxy) is 2. The Labute approximate surface area is 176 Å². The SMILES string of the molecule is CCCc1[nH]n(-c2ccc(OC)cc2)c(=O)c1C(C)=Nc1cccc(OC(F)(F)F)c1. The van der Waals surface area contributed by atoms with Crippen LogP contribution in [0.5, 0.6) is 11.5 Å². The molecule has 3 aromatic rings. The third-order valence-corrected chi connectivity index (χ3v) is 4.51. The summed E-state index contributed by atoms with van der Waals surface area (Å²) in [6.45, 7) is 3.64. The normalized spacial score (nSPS) is 12.1. The van der Waals surface area contributed by atoms with E-state index in [1.807, 2.05) is 6.92 Å². The van der Waals surface area contributed by atoms with Gasteiger partial charge in [-0.15, -0.1) is 13.2 Å². The van der Waals surface area contributed by atoms with Crippen molar-refractivity contribution in [3.63, 3.8) is 0 Å². The minimum atomic E-state index is -4.79. The summed E-state index contributed by atoms with van der Waals surface area (Å²) in [6.07, 6.45) is -3.39. The molecule has 164 valence electrons. The molecule has 0 saturated carbocycles. The highest BCUT2D eigenvalue weighted by Crippen LogP contribution is 2.27. The summed E-state index contributed by atoms with van der Waals surface area (Å²) in [7, 11) is 1.56. The van der Waals surface area contributed by atoms with Crippen LogP contribution in [-0.2, 0) is 6.42 Å². The van der Waals surface area contributed by atoms with Crippen LogP contribution < -0.4 is 15.0 Å². The molecule has 0 spiro atoms. The van der Waals surface area contributed by atoms with Gasteiger partial charge in [0.1, 0.15) is 11.5 Å². The molecule has 0 aliphatic carbocycles. The number of halogens is 3. The maximum absolute atomic E-state index is 13.2. The van der Waals surface area contributed by atoms with Gasteiger partial charge >= 0.3 is 6.36 Å². The summed E-state index contributed by atoms with van der Waals surface area (Å²) >= 11 is 0. The Bertz CT molecular complexity index is 1130. The fourth-order valence-electron chi connectivity index (χ4n) is 3.20. The zero-order valence-corrected chi connectivity index (χ0v) is 17.3. The van der Waals surface area contributed by atoms with Crippen LogP contribution >= 0.6 is 0 Å². The van der Waals surface area contributed by atoms with E-state index in [1.54, 1.807) is 44.4 Å². The predicted molar refractivity (Wildman–Crippen MR) is 112 cm³/mol. The van der Waals surface area contributed by atoms with Gasteiger partial charge in [0.05, 0.1) is 29.8 Å². The second-order valence-corrected chi connectivity index (χ2v) is 6.80. The Balaban J connectivity index is 2.02. The average molecular weight is 433 g/mol. The van der Waals surface area contributed by atoms with Gasteiger partial charge in [-0.2, -0.15) is 0 Å². The van der Waals surface area contributed by atoms with E-state index in [0.29, 0.717) is 34.8 Å². The lowest BCUT2D eigenvalue weighted by molar-refractivity contribution is -0.274. The number of aliphatic imine (C=N–C) groups is 1. The summed E-state index contributed by atoms with van der Waals surface area (Å²) in [5.74, 6) is 0.288. The molecule has 0 aliphatic rings. The van der Waals surface area contributed by atoms with Crippen molar-refractivity contribution in [1.82, 2.24) is 9.78 Å². The molecule has 2 aromatic carbocycles. The number of nitrogens with zero attached hydrogens (tertiary/aromatic N) is 2. The molecule has 31 heavy (non-hydrogen) atoms. The maximum Gasteiger partial charge on any atom is 0.573 e. The van der Waals surface area contributed by atoms with Crippen molar-refractivity contribution in [3.05, 3.63) is 70.1 Å². The molecule has 3 rings (SSSR count). The van der Waals surface area contributed by atoms with Crippen molar-refractivity contribution in [3.8, 4) is 17.2 Å². The smallest absolute Gasteiger partial charge is 0.497 e. The molecule has 1 heterocycles. The Hall–Kier alpha value is -3.49. The third-order valence-electron chi connectivity index (χ3n) is 4.51. The molecular formula is C22H22F3N3O3. The molecule has 0 fully saturated rings. The van der Waals surface area contributed by atoms with E-state index in [0.717, 1.165) is 6.42 Å². The fraction of sp³-hybridized carbons (Fsp3) is 0.273. The van der Waals surface area contributed by atoms with Gasteiger partial charge in [0.2, 0.25) is 0 Å². The van der Waals surface area contributed by atoms with Crippen LogP contribution in [0.4, 0.5) is 18.9 Å².